The maximum Gasteiger partial charge on any atom is 0.411 e. The summed E-state index contributed by atoms with van der Waals surface area (Å²) < 4.78 is 5.12. The Bertz CT molecular complexity index is 907. The van der Waals surface area contributed by atoms with Crippen LogP contribution in [0.15, 0.2) is 72.8 Å². The molecule has 3 aromatic rings. The van der Waals surface area contributed by atoms with E-state index in [1.165, 1.54) is 0 Å². The van der Waals surface area contributed by atoms with Crippen LogP contribution in [0.25, 0.3) is 10.8 Å². The molecule has 0 aromatic heterocycles. The second-order valence-electron chi connectivity index (χ2n) is 5.86. The lowest BCUT2D eigenvalue weighted by atomic mass is 10.1. The fourth-order valence-corrected chi connectivity index (χ4v) is 2.62. The third kappa shape index (κ3) is 5.47. The normalized spacial score (nSPS) is 10.2. The predicted octanol–water partition coefficient (Wildman–Crippen LogP) is 3.62. The van der Waals surface area contributed by atoms with E-state index in [-0.39, 0.29) is 25.6 Å². The van der Waals surface area contributed by atoms with Crippen molar-refractivity contribution in [3.05, 3.63) is 72.8 Å². The molecule has 0 heterocycles. The molecule has 0 unspecified atom stereocenters. The number of fused-ring (bicyclic) bond motifs is 1. The lowest BCUT2D eigenvalue weighted by molar-refractivity contribution is -0.119. The van der Waals surface area contributed by atoms with Gasteiger partial charge in [0.05, 0.1) is 18.8 Å². The zero-order valence-electron chi connectivity index (χ0n) is 14.8. The van der Waals surface area contributed by atoms with E-state index in [0.717, 1.165) is 16.5 Å². The first kappa shape index (κ1) is 18.3. The van der Waals surface area contributed by atoms with Gasteiger partial charge in [-0.15, -0.1) is 0 Å². The highest BCUT2D eigenvalue weighted by atomic mass is 16.5. The Labute approximate surface area is 157 Å². The molecular weight excluding hydrogens is 342 g/mol. The summed E-state index contributed by atoms with van der Waals surface area (Å²) in [6.07, 6.45) is -0.553. The fraction of sp³-hybridized carbons (Fsp3) is 0.143. The Balaban J connectivity index is 1.37. The number of anilines is 2. The highest BCUT2D eigenvalue weighted by Gasteiger charge is 2.07. The van der Waals surface area contributed by atoms with Crippen LogP contribution in [0.3, 0.4) is 0 Å². The number of hydrogen-bond acceptors (Lipinski definition) is 4. The molecule has 6 nitrogen and oxygen atoms in total. The number of carbonyl (C=O) groups excluding carboxylic acids is 2. The van der Waals surface area contributed by atoms with Crippen LogP contribution in [0.4, 0.5) is 16.2 Å². The van der Waals surface area contributed by atoms with Crippen LogP contribution in [0.5, 0.6) is 0 Å². The molecule has 27 heavy (non-hydrogen) atoms. The van der Waals surface area contributed by atoms with E-state index in [9.17, 15) is 9.59 Å². The van der Waals surface area contributed by atoms with Crippen LogP contribution < -0.4 is 16.0 Å². The first-order chi connectivity index (χ1) is 13.2. The maximum absolute atomic E-state index is 12.0. The first-order valence-electron chi connectivity index (χ1n) is 8.69. The van der Waals surface area contributed by atoms with E-state index in [1.807, 2.05) is 72.8 Å². The Hall–Kier alpha value is -3.54. The average Bonchev–Trinajstić information content (AvgIpc) is 2.71. The molecule has 0 saturated carbocycles. The summed E-state index contributed by atoms with van der Waals surface area (Å²) in [4.78, 5) is 23.7. The van der Waals surface area contributed by atoms with Gasteiger partial charge in [0.2, 0.25) is 5.91 Å². The Morgan fingerprint density at radius 2 is 1.59 bits per heavy atom. The van der Waals surface area contributed by atoms with Gasteiger partial charge in [-0.2, -0.15) is 0 Å². The van der Waals surface area contributed by atoms with Gasteiger partial charge < -0.3 is 15.4 Å². The van der Waals surface area contributed by atoms with Gasteiger partial charge in [-0.05, 0) is 23.6 Å². The van der Waals surface area contributed by atoms with Crippen molar-refractivity contribution < 1.29 is 14.3 Å². The average molecular weight is 363 g/mol. The quantitative estimate of drug-likeness (QED) is 0.560. The van der Waals surface area contributed by atoms with Crippen molar-refractivity contribution in [2.75, 3.05) is 30.3 Å². The summed E-state index contributed by atoms with van der Waals surface area (Å²) in [6.45, 7) is 0.498. The third-order valence-corrected chi connectivity index (χ3v) is 3.91. The zero-order chi connectivity index (χ0) is 18.9. The van der Waals surface area contributed by atoms with E-state index in [0.29, 0.717) is 5.69 Å². The van der Waals surface area contributed by atoms with Gasteiger partial charge in [-0.25, -0.2) is 4.79 Å². The number of rotatable bonds is 7. The SMILES string of the molecule is O=C(CNc1ccccc1)NCCOC(=O)Nc1cccc2ccccc12. The van der Waals surface area contributed by atoms with Gasteiger partial charge in [0.1, 0.15) is 6.61 Å². The molecule has 0 radical (unpaired) electrons. The second kappa shape index (κ2) is 9.24. The highest BCUT2D eigenvalue weighted by Crippen LogP contribution is 2.22. The van der Waals surface area contributed by atoms with Gasteiger partial charge in [0.25, 0.3) is 0 Å². The van der Waals surface area contributed by atoms with E-state index >= 15 is 0 Å². The lowest BCUT2D eigenvalue weighted by Crippen LogP contribution is -2.33. The molecule has 6 heteroatoms. The number of para-hydroxylation sites is 1. The summed E-state index contributed by atoms with van der Waals surface area (Å²) in [5.74, 6) is -0.170. The van der Waals surface area contributed by atoms with Gasteiger partial charge in [-0.1, -0.05) is 54.6 Å². The second-order valence-corrected chi connectivity index (χ2v) is 5.86. The van der Waals surface area contributed by atoms with Crippen molar-refractivity contribution in [3.8, 4) is 0 Å². The molecule has 0 saturated heterocycles. The lowest BCUT2D eigenvalue weighted by Gasteiger charge is -2.10. The smallest absolute Gasteiger partial charge is 0.411 e. The predicted molar refractivity (Wildman–Crippen MR) is 107 cm³/mol. The van der Waals surface area contributed by atoms with E-state index < -0.39 is 6.09 Å². The Morgan fingerprint density at radius 3 is 2.44 bits per heavy atom. The maximum atomic E-state index is 12.0. The molecule has 0 aliphatic heterocycles. The van der Waals surface area contributed by atoms with Crippen LogP contribution in [-0.2, 0) is 9.53 Å². The van der Waals surface area contributed by atoms with Gasteiger partial charge >= 0.3 is 6.09 Å². The molecule has 0 bridgehead atoms. The number of hydrogen-bond donors (Lipinski definition) is 3. The molecule has 0 fully saturated rings. The standard InChI is InChI=1S/C21H21N3O3/c25-20(15-23-17-9-2-1-3-10-17)22-13-14-27-21(26)24-19-12-6-8-16-7-4-5-11-18(16)19/h1-12,23H,13-15H2,(H,22,25)(H,24,26). The molecule has 0 aliphatic carbocycles. The molecule has 3 rings (SSSR count). The minimum Gasteiger partial charge on any atom is -0.447 e. The molecule has 3 N–H and O–H groups in total. The largest absolute Gasteiger partial charge is 0.447 e. The Morgan fingerprint density at radius 1 is 0.852 bits per heavy atom. The van der Waals surface area contributed by atoms with Gasteiger partial charge in [0.15, 0.2) is 0 Å². The molecule has 0 spiro atoms. The summed E-state index contributed by atoms with van der Waals surface area (Å²) in [6, 6.07) is 22.9. The highest BCUT2D eigenvalue weighted by molar-refractivity contribution is 6.00. The minimum atomic E-state index is -0.553. The van der Waals surface area contributed by atoms with Crippen molar-refractivity contribution in [2.24, 2.45) is 0 Å². The summed E-state index contributed by atoms with van der Waals surface area (Å²) in [5, 5.41) is 10.4. The monoisotopic (exact) mass is 363 g/mol. The topological polar surface area (TPSA) is 79.5 Å². The number of carbonyl (C=O) groups is 2. The van der Waals surface area contributed by atoms with Crippen molar-refractivity contribution in [2.45, 2.75) is 0 Å². The number of benzene rings is 3. The number of amides is 2. The molecule has 0 atom stereocenters. The number of nitrogens with one attached hydrogen (secondary N) is 3. The van der Waals surface area contributed by atoms with E-state index in [4.69, 9.17) is 4.74 Å². The summed E-state index contributed by atoms with van der Waals surface area (Å²) >= 11 is 0. The van der Waals surface area contributed by atoms with Gasteiger partial charge in [0, 0.05) is 11.1 Å². The van der Waals surface area contributed by atoms with Crippen molar-refractivity contribution >= 4 is 34.1 Å². The van der Waals surface area contributed by atoms with Crippen LogP contribution >= 0.6 is 0 Å². The summed E-state index contributed by atoms with van der Waals surface area (Å²) in [7, 11) is 0. The van der Waals surface area contributed by atoms with Gasteiger partial charge in [-0.3, -0.25) is 10.1 Å². The van der Waals surface area contributed by atoms with Crippen molar-refractivity contribution in [1.82, 2.24) is 5.32 Å². The first-order valence-corrected chi connectivity index (χ1v) is 8.69. The van der Waals surface area contributed by atoms with Crippen molar-refractivity contribution in [3.63, 3.8) is 0 Å². The van der Waals surface area contributed by atoms with Crippen molar-refractivity contribution in [1.29, 1.82) is 0 Å². The van der Waals surface area contributed by atoms with Crippen LogP contribution in [0.2, 0.25) is 0 Å². The molecular formula is C21H21N3O3. The molecule has 0 aliphatic rings. The van der Waals surface area contributed by atoms with Crippen LogP contribution in [0.1, 0.15) is 0 Å². The number of ether oxygens (including phenoxy) is 1. The van der Waals surface area contributed by atoms with E-state index in [1.54, 1.807) is 0 Å². The molecule has 2 amide bonds. The molecule has 138 valence electrons. The Kier molecular flexibility index (Phi) is 6.25. The van der Waals surface area contributed by atoms with E-state index in [2.05, 4.69) is 16.0 Å². The third-order valence-electron chi connectivity index (χ3n) is 3.91. The fourth-order valence-electron chi connectivity index (χ4n) is 2.62. The van der Waals surface area contributed by atoms with Crippen LogP contribution in [0, 0.1) is 0 Å². The summed E-state index contributed by atoms with van der Waals surface area (Å²) in [5.41, 5.74) is 1.56. The minimum absolute atomic E-state index is 0.0909. The molecule has 3 aromatic carbocycles. The zero-order valence-corrected chi connectivity index (χ0v) is 14.8. The van der Waals surface area contributed by atoms with Crippen LogP contribution in [-0.4, -0.2) is 31.7 Å².